The minimum atomic E-state index is 0.458. The predicted molar refractivity (Wildman–Crippen MR) is 67.5 cm³/mol. The van der Waals surface area contributed by atoms with E-state index in [0.717, 1.165) is 24.3 Å². The zero-order valence-electron chi connectivity index (χ0n) is 11.0. The highest BCUT2D eigenvalue weighted by molar-refractivity contribution is 4.80. The Hall–Kier alpha value is -0.0800. The Labute approximate surface area is 100 Å². The SMILES string of the molecule is CC1CCC(OC2CNCCC2C)CC1C. The van der Waals surface area contributed by atoms with E-state index in [1.165, 1.54) is 32.2 Å². The molecular formula is C14H27NO. The summed E-state index contributed by atoms with van der Waals surface area (Å²) in [5, 5.41) is 3.45. The van der Waals surface area contributed by atoms with Crippen LogP contribution in [0.25, 0.3) is 0 Å². The van der Waals surface area contributed by atoms with Crippen LogP contribution in [-0.4, -0.2) is 25.3 Å². The highest BCUT2D eigenvalue weighted by Crippen LogP contribution is 2.32. The van der Waals surface area contributed by atoms with Gasteiger partial charge in [0.1, 0.15) is 0 Å². The summed E-state index contributed by atoms with van der Waals surface area (Å²) in [4.78, 5) is 0. The van der Waals surface area contributed by atoms with Gasteiger partial charge in [0.05, 0.1) is 12.2 Å². The third kappa shape index (κ3) is 2.98. The zero-order chi connectivity index (χ0) is 11.5. The molecule has 0 aromatic rings. The van der Waals surface area contributed by atoms with Gasteiger partial charge in [-0.3, -0.25) is 0 Å². The van der Waals surface area contributed by atoms with Gasteiger partial charge in [-0.1, -0.05) is 20.8 Å². The van der Waals surface area contributed by atoms with E-state index in [9.17, 15) is 0 Å². The summed E-state index contributed by atoms with van der Waals surface area (Å²) in [6, 6.07) is 0. The number of rotatable bonds is 2. The van der Waals surface area contributed by atoms with Gasteiger partial charge in [0.25, 0.3) is 0 Å². The van der Waals surface area contributed by atoms with Gasteiger partial charge < -0.3 is 10.1 Å². The smallest absolute Gasteiger partial charge is 0.0729 e. The van der Waals surface area contributed by atoms with Gasteiger partial charge >= 0.3 is 0 Å². The van der Waals surface area contributed by atoms with Gasteiger partial charge in [0.2, 0.25) is 0 Å². The van der Waals surface area contributed by atoms with Crippen molar-refractivity contribution >= 4 is 0 Å². The molecule has 1 N–H and O–H groups in total. The molecule has 1 aliphatic heterocycles. The third-order valence-electron chi connectivity index (χ3n) is 4.67. The van der Waals surface area contributed by atoms with Crippen molar-refractivity contribution in [2.24, 2.45) is 17.8 Å². The Morgan fingerprint density at radius 2 is 1.75 bits per heavy atom. The average molecular weight is 225 g/mol. The number of hydrogen-bond donors (Lipinski definition) is 1. The number of piperidine rings is 1. The van der Waals surface area contributed by atoms with Crippen LogP contribution in [0, 0.1) is 17.8 Å². The lowest BCUT2D eigenvalue weighted by molar-refractivity contribution is -0.0746. The topological polar surface area (TPSA) is 21.3 Å². The summed E-state index contributed by atoms with van der Waals surface area (Å²) in [7, 11) is 0. The van der Waals surface area contributed by atoms with Crippen LogP contribution in [-0.2, 0) is 4.74 Å². The third-order valence-corrected chi connectivity index (χ3v) is 4.67. The van der Waals surface area contributed by atoms with Crippen molar-refractivity contribution in [3.05, 3.63) is 0 Å². The second kappa shape index (κ2) is 5.50. The summed E-state index contributed by atoms with van der Waals surface area (Å²) in [6.07, 6.45) is 6.14. The average Bonchev–Trinajstić information content (AvgIpc) is 2.27. The molecule has 0 bridgehead atoms. The first-order valence-corrected chi connectivity index (χ1v) is 7.03. The van der Waals surface area contributed by atoms with Crippen LogP contribution < -0.4 is 5.32 Å². The number of nitrogens with one attached hydrogen (secondary N) is 1. The van der Waals surface area contributed by atoms with Gasteiger partial charge in [-0.15, -0.1) is 0 Å². The van der Waals surface area contributed by atoms with Crippen LogP contribution in [0.1, 0.15) is 46.5 Å². The van der Waals surface area contributed by atoms with Gasteiger partial charge in [0.15, 0.2) is 0 Å². The first kappa shape index (κ1) is 12.4. The molecule has 5 atom stereocenters. The van der Waals surface area contributed by atoms with Crippen LogP contribution in [0.2, 0.25) is 0 Å². The highest BCUT2D eigenvalue weighted by atomic mass is 16.5. The normalized spacial score (nSPS) is 45.6. The van der Waals surface area contributed by atoms with Crippen molar-refractivity contribution < 1.29 is 4.74 Å². The van der Waals surface area contributed by atoms with Crippen molar-refractivity contribution in [2.75, 3.05) is 13.1 Å². The lowest BCUT2D eigenvalue weighted by Gasteiger charge is -2.37. The Morgan fingerprint density at radius 3 is 2.44 bits per heavy atom. The van der Waals surface area contributed by atoms with Gasteiger partial charge in [0, 0.05) is 6.54 Å². The first-order valence-electron chi connectivity index (χ1n) is 7.03. The van der Waals surface area contributed by atoms with Gasteiger partial charge in [-0.05, 0) is 50.0 Å². The van der Waals surface area contributed by atoms with Crippen molar-refractivity contribution in [2.45, 2.75) is 58.7 Å². The molecule has 2 fully saturated rings. The largest absolute Gasteiger partial charge is 0.373 e. The van der Waals surface area contributed by atoms with Crippen LogP contribution in [0.3, 0.4) is 0 Å². The Morgan fingerprint density at radius 1 is 0.938 bits per heavy atom. The van der Waals surface area contributed by atoms with Gasteiger partial charge in [-0.25, -0.2) is 0 Å². The fourth-order valence-electron chi connectivity index (χ4n) is 3.01. The second-order valence-electron chi connectivity index (χ2n) is 6.03. The van der Waals surface area contributed by atoms with E-state index in [4.69, 9.17) is 4.74 Å². The maximum atomic E-state index is 6.30. The molecule has 0 radical (unpaired) electrons. The zero-order valence-corrected chi connectivity index (χ0v) is 11.0. The molecular weight excluding hydrogens is 198 g/mol. The van der Waals surface area contributed by atoms with Crippen LogP contribution in [0.5, 0.6) is 0 Å². The van der Waals surface area contributed by atoms with E-state index >= 15 is 0 Å². The Bertz CT molecular complexity index is 219. The maximum absolute atomic E-state index is 6.30. The molecule has 2 nitrogen and oxygen atoms in total. The molecule has 0 spiro atoms. The van der Waals surface area contributed by atoms with Crippen molar-refractivity contribution in [3.8, 4) is 0 Å². The maximum Gasteiger partial charge on any atom is 0.0729 e. The van der Waals surface area contributed by atoms with E-state index in [1.807, 2.05) is 0 Å². The summed E-state index contributed by atoms with van der Waals surface area (Å²) in [5.41, 5.74) is 0. The molecule has 94 valence electrons. The molecule has 2 rings (SSSR count). The summed E-state index contributed by atoms with van der Waals surface area (Å²) in [6.45, 7) is 9.32. The number of hydrogen-bond acceptors (Lipinski definition) is 2. The van der Waals surface area contributed by atoms with Gasteiger partial charge in [-0.2, -0.15) is 0 Å². The molecule has 1 saturated carbocycles. The molecule has 0 aromatic heterocycles. The van der Waals surface area contributed by atoms with E-state index in [2.05, 4.69) is 26.1 Å². The molecule has 0 aromatic carbocycles. The van der Waals surface area contributed by atoms with E-state index in [-0.39, 0.29) is 0 Å². The predicted octanol–water partition coefficient (Wildman–Crippen LogP) is 2.83. The summed E-state index contributed by atoms with van der Waals surface area (Å²) in [5.74, 6) is 2.46. The quantitative estimate of drug-likeness (QED) is 0.780. The minimum absolute atomic E-state index is 0.458. The Balaban J connectivity index is 1.80. The van der Waals surface area contributed by atoms with Crippen LogP contribution in [0.15, 0.2) is 0 Å². The number of ether oxygens (including phenoxy) is 1. The molecule has 16 heavy (non-hydrogen) atoms. The summed E-state index contributed by atoms with van der Waals surface area (Å²) < 4.78 is 6.30. The van der Waals surface area contributed by atoms with Crippen molar-refractivity contribution in [3.63, 3.8) is 0 Å². The molecule has 5 unspecified atom stereocenters. The molecule has 1 aliphatic carbocycles. The van der Waals surface area contributed by atoms with Crippen LogP contribution in [0.4, 0.5) is 0 Å². The van der Waals surface area contributed by atoms with E-state index in [1.54, 1.807) is 0 Å². The van der Waals surface area contributed by atoms with E-state index in [0.29, 0.717) is 12.2 Å². The van der Waals surface area contributed by atoms with E-state index < -0.39 is 0 Å². The van der Waals surface area contributed by atoms with Crippen molar-refractivity contribution in [1.82, 2.24) is 5.32 Å². The summed E-state index contributed by atoms with van der Waals surface area (Å²) >= 11 is 0. The lowest BCUT2D eigenvalue weighted by atomic mass is 9.80. The monoisotopic (exact) mass is 225 g/mol. The Kier molecular flexibility index (Phi) is 4.26. The first-order chi connectivity index (χ1) is 7.66. The highest BCUT2D eigenvalue weighted by Gasteiger charge is 2.29. The molecule has 2 heteroatoms. The standard InChI is InChI=1S/C14H27NO/c1-10-4-5-13(8-12(10)3)16-14-9-15-7-6-11(14)2/h10-15H,4-9H2,1-3H3. The molecule has 2 aliphatic rings. The lowest BCUT2D eigenvalue weighted by Crippen LogP contribution is -2.44. The molecule has 1 saturated heterocycles. The second-order valence-corrected chi connectivity index (χ2v) is 6.03. The molecule has 1 heterocycles. The molecule has 0 amide bonds. The fraction of sp³-hybridized carbons (Fsp3) is 1.00. The van der Waals surface area contributed by atoms with Crippen LogP contribution >= 0.6 is 0 Å². The van der Waals surface area contributed by atoms with Crippen molar-refractivity contribution in [1.29, 1.82) is 0 Å². The fourth-order valence-corrected chi connectivity index (χ4v) is 3.01. The minimum Gasteiger partial charge on any atom is -0.373 e.